The zero-order valence-corrected chi connectivity index (χ0v) is 16.7. The van der Waals surface area contributed by atoms with Crippen LogP contribution in [0.15, 0.2) is 35.2 Å². The van der Waals surface area contributed by atoms with Crippen molar-refractivity contribution in [3.63, 3.8) is 0 Å². The number of benzene rings is 1. The van der Waals surface area contributed by atoms with Crippen LogP contribution in [0.25, 0.3) is 0 Å². The summed E-state index contributed by atoms with van der Waals surface area (Å²) in [7, 11) is -2.13. The van der Waals surface area contributed by atoms with E-state index in [4.69, 9.17) is 4.74 Å². The molecule has 8 nitrogen and oxygen atoms in total. The predicted octanol–water partition coefficient (Wildman–Crippen LogP) is 1.74. The zero-order chi connectivity index (χ0) is 19.4. The van der Waals surface area contributed by atoms with Gasteiger partial charge in [0.25, 0.3) is 0 Å². The van der Waals surface area contributed by atoms with Crippen molar-refractivity contribution in [3.05, 3.63) is 36.0 Å². The average molecular weight is 391 g/mol. The number of piperazine rings is 1. The fraction of sp³-hybridized carbons (Fsp3) is 0.444. The lowest BCUT2D eigenvalue weighted by molar-refractivity contribution is 0.372. The maximum absolute atomic E-state index is 13.0. The number of aromatic nitrogens is 2. The number of aryl methyl sites for hydroxylation is 1. The number of methoxy groups -OCH3 is 1. The van der Waals surface area contributed by atoms with Gasteiger partial charge >= 0.3 is 0 Å². The zero-order valence-electron chi connectivity index (χ0n) is 15.8. The molecule has 1 fully saturated rings. The second kappa shape index (κ2) is 8.10. The molecule has 1 N–H and O–H groups in total. The predicted molar refractivity (Wildman–Crippen MR) is 105 cm³/mol. The van der Waals surface area contributed by atoms with E-state index in [1.165, 1.54) is 11.4 Å². The summed E-state index contributed by atoms with van der Waals surface area (Å²) < 4.78 is 32.7. The summed E-state index contributed by atoms with van der Waals surface area (Å²) in [5, 5.41) is 3.20. The minimum absolute atomic E-state index is 0.196. The Labute approximate surface area is 160 Å². The number of para-hydroxylation sites is 1. The lowest BCUT2D eigenvalue weighted by Gasteiger charge is -2.34. The smallest absolute Gasteiger partial charge is 0.246 e. The van der Waals surface area contributed by atoms with E-state index in [0.29, 0.717) is 37.9 Å². The molecule has 0 unspecified atom stereocenters. The van der Waals surface area contributed by atoms with Gasteiger partial charge < -0.3 is 15.0 Å². The van der Waals surface area contributed by atoms with Crippen molar-refractivity contribution in [2.45, 2.75) is 18.7 Å². The maximum atomic E-state index is 13.0. The Morgan fingerprint density at radius 2 is 1.85 bits per heavy atom. The van der Waals surface area contributed by atoms with Gasteiger partial charge in [-0.25, -0.2) is 13.4 Å². The summed E-state index contributed by atoms with van der Waals surface area (Å²) in [6.07, 6.45) is 0. The number of sulfonamides is 1. The third-order valence-corrected chi connectivity index (χ3v) is 6.35. The number of hydrogen-bond acceptors (Lipinski definition) is 7. The van der Waals surface area contributed by atoms with Crippen LogP contribution in [0.4, 0.5) is 11.8 Å². The monoisotopic (exact) mass is 391 g/mol. The van der Waals surface area contributed by atoms with Crippen LogP contribution in [-0.2, 0) is 10.0 Å². The van der Waals surface area contributed by atoms with E-state index in [1.54, 1.807) is 24.3 Å². The summed E-state index contributed by atoms with van der Waals surface area (Å²) >= 11 is 0. The Morgan fingerprint density at radius 1 is 1.15 bits per heavy atom. The third-order valence-electron chi connectivity index (χ3n) is 4.41. The number of hydrogen-bond donors (Lipinski definition) is 1. The van der Waals surface area contributed by atoms with E-state index in [9.17, 15) is 8.42 Å². The minimum atomic E-state index is -3.61. The van der Waals surface area contributed by atoms with E-state index in [0.717, 1.165) is 18.1 Å². The van der Waals surface area contributed by atoms with Crippen LogP contribution in [0.3, 0.4) is 0 Å². The Kier molecular flexibility index (Phi) is 5.81. The largest absolute Gasteiger partial charge is 0.495 e. The second-order valence-corrected chi connectivity index (χ2v) is 8.17. The van der Waals surface area contributed by atoms with Gasteiger partial charge in [-0.1, -0.05) is 12.1 Å². The van der Waals surface area contributed by atoms with E-state index in [2.05, 4.69) is 15.3 Å². The van der Waals surface area contributed by atoms with Gasteiger partial charge in [0.05, 0.1) is 7.11 Å². The van der Waals surface area contributed by atoms with E-state index in [-0.39, 0.29) is 4.90 Å². The molecule has 1 saturated heterocycles. The van der Waals surface area contributed by atoms with Crippen molar-refractivity contribution in [2.24, 2.45) is 0 Å². The summed E-state index contributed by atoms with van der Waals surface area (Å²) in [6, 6.07) is 8.59. The molecule has 0 radical (unpaired) electrons. The molecule has 0 amide bonds. The first-order chi connectivity index (χ1) is 13.0. The van der Waals surface area contributed by atoms with Crippen LogP contribution >= 0.6 is 0 Å². The molecule has 27 heavy (non-hydrogen) atoms. The molecule has 1 aliphatic heterocycles. The van der Waals surface area contributed by atoms with Crippen LogP contribution in [0, 0.1) is 6.92 Å². The van der Waals surface area contributed by atoms with Gasteiger partial charge in [-0.15, -0.1) is 0 Å². The topological polar surface area (TPSA) is 87.7 Å². The molecular formula is C18H25N5O3S. The van der Waals surface area contributed by atoms with Gasteiger partial charge in [-0.3, -0.25) is 0 Å². The van der Waals surface area contributed by atoms with Crippen molar-refractivity contribution >= 4 is 21.8 Å². The quantitative estimate of drug-likeness (QED) is 0.802. The number of nitrogens with zero attached hydrogens (tertiary/aromatic N) is 4. The van der Waals surface area contributed by atoms with E-state index in [1.807, 2.05) is 24.8 Å². The Bertz CT molecular complexity index is 896. The van der Waals surface area contributed by atoms with Crippen molar-refractivity contribution in [3.8, 4) is 5.75 Å². The Morgan fingerprint density at radius 3 is 2.52 bits per heavy atom. The Hall–Kier alpha value is -2.39. The molecular weight excluding hydrogens is 366 g/mol. The molecule has 3 rings (SSSR count). The van der Waals surface area contributed by atoms with E-state index < -0.39 is 10.0 Å². The molecule has 1 aliphatic rings. The highest BCUT2D eigenvalue weighted by atomic mass is 32.2. The van der Waals surface area contributed by atoms with Crippen molar-refractivity contribution in [1.29, 1.82) is 0 Å². The summed E-state index contributed by atoms with van der Waals surface area (Å²) in [5.74, 6) is 1.77. The van der Waals surface area contributed by atoms with Crippen LogP contribution in [0.1, 0.15) is 12.6 Å². The molecule has 9 heteroatoms. The summed E-state index contributed by atoms with van der Waals surface area (Å²) in [4.78, 5) is 11.2. The van der Waals surface area contributed by atoms with Crippen molar-refractivity contribution in [2.75, 3.05) is 50.1 Å². The first-order valence-corrected chi connectivity index (χ1v) is 10.4. The normalized spacial score (nSPS) is 15.6. The first-order valence-electron chi connectivity index (χ1n) is 8.93. The van der Waals surface area contributed by atoms with Gasteiger partial charge in [-0.05, 0) is 26.0 Å². The van der Waals surface area contributed by atoms with Gasteiger partial charge in [0.1, 0.15) is 16.5 Å². The number of anilines is 2. The standard InChI is InChI=1S/C18H25N5O3S/c1-4-19-17-13-14(2)20-18(21-17)22-9-11-23(12-10-22)27(24,25)16-8-6-5-7-15(16)26-3/h5-8,13H,4,9-12H2,1-3H3,(H,19,20,21). The summed E-state index contributed by atoms with van der Waals surface area (Å²) in [6.45, 7) is 6.52. The van der Waals surface area contributed by atoms with Crippen LogP contribution in [-0.4, -0.2) is 62.5 Å². The molecule has 1 aromatic carbocycles. The van der Waals surface area contributed by atoms with Gasteiger partial charge in [0.15, 0.2) is 0 Å². The lowest BCUT2D eigenvalue weighted by atomic mass is 10.3. The summed E-state index contributed by atoms with van der Waals surface area (Å²) in [5.41, 5.74) is 0.875. The van der Waals surface area contributed by atoms with Gasteiger partial charge in [0, 0.05) is 44.5 Å². The SMILES string of the molecule is CCNc1cc(C)nc(N2CCN(S(=O)(=O)c3ccccc3OC)CC2)n1. The van der Waals surface area contributed by atoms with Crippen LogP contribution < -0.4 is 15.0 Å². The third kappa shape index (κ3) is 4.14. The number of nitrogens with one attached hydrogen (secondary N) is 1. The molecule has 2 aromatic rings. The van der Waals surface area contributed by atoms with Gasteiger partial charge in [-0.2, -0.15) is 9.29 Å². The highest BCUT2D eigenvalue weighted by Gasteiger charge is 2.31. The second-order valence-electron chi connectivity index (χ2n) is 6.27. The lowest BCUT2D eigenvalue weighted by Crippen LogP contribution is -2.49. The van der Waals surface area contributed by atoms with Crippen molar-refractivity contribution < 1.29 is 13.2 Å². The highest BCUT2D eigenvalue weighted by Crippen LogP contribution is 2.27. The molecule has 2 heterocycles. The molecule has 0 spiro atoms. The fourth-order valence-corrected chi connectivity index (χ4v) is 4.64. The highest BCUT2D eigenvalue weighted by molar-refractivity contribution is 7.89. The molecule has 0 saturated carbocycles. The Balaban J connectivity index is 1.75. The molecule has 0 atom stereocenters. The minimum Gasteiger partial charge on any atom is -0.495 e. The van der Waals surface area contributed by atoms with Crippen molar-refractivity contribution in [1.82, 2.24) is 14.3 Å². The number of rotatable bonds is 6. The maximum Gasteiger partial charge on any atom is 0.246 e. The molecule has 1 aromatic heterocycles. The fourth-order valence-electron chi connectivity index (χ4n) is 3.07. The molecule has 0 aliphatic carbocycles. The van der Waals surface area contributed by atoms with Crippen LogP contribution in [0.5, 0.6) is 5.75 Å². The van der Waals surface area contributed by atoms with E-state index >= 15 is 0 Å². The average Bonchev–Trinajstić information content (AvgIpc) is 2.68. The molecule has 146 valence electrons. The first kappa shape index (κ1) is 19.4. The van der Waals surface area contributed by atoms with Gasteiger partial charge in [0.2, 0.25) is 16.0 Å². The number of ether oxygens (including phenoxy) is 1. The molecule has 0 bridgehead atoms. The van der Waals surface area contributed by atoms with Crippen LogP contribution in [0.2, 0.25) is 0 Å².